The summed E-state index contributed by atoms with van der Waals surface area (Å²) in [5.41, 5.74) is 5.52. The molecule has 0 radical (unpaired) electrons. The van der Waals surface area contributed by atoms with Gasteiger partial charge in [0.15, 0.2) is 0 Å². The van der Waals surface area contributed by atoms with Gasteiger partial charge in [0.2, 0.25) is 5.91 Å². The Bertz CT molecular complexity index is 880. The third kappa shape index (κ3) is 4.50. The van der Waals surface area contributed by atoms with Gasteiger partial charge in [-0.05, 0) is 60.9 Å². The lowest BCUT2D eigenvalue weighted by atomic mass is 9.88. The summed E-state index contributed by atoms with van der Waals surface area (Å²) in [6, 6.07) is 14.2. The average molecular weight is 377 g/mol. The Morgan fingerprint density at radius 3 is 2.57 bits per heavy atom. The molecule has 0 aromatic heterocycles. The first-order valence-corrected chi connectivity index (χ1v) is 9.70. The SMILES string of the molecule is COC(=O)C=Cc1ccccc1CC1CCC(=O)N(c2c(C)cccc2C)C1. The Balaban J connectivity index is 1.80. The average Bonchev–Trinajstić information content (AvgIpc) is 2.69. The van der Waals surface area contributed by atoms with Crippen LogP contribution in [0.5, 0.6) is 0 Å². The first kappa shape index (κ1) is 19.9. The Kier molecular flexibility index (Phi) is 6.30. The second-order valence-corrected chi connectivity index (χ2v) is 7.41. The highest BCUT2D eigenvalue weighted by atomic mass is 16.5. The number of amides is 1. The lowest BCUT2D eigenvalue weighted by Crippen LogP contribution is -2.41. The number of hydrogen-bond donors (Lipinski definition) is 0. The summed E-state index contributed by atoms with van der Waals surface area (Å²) in [4.78, 5) is 26.0. The quantitative estimate of drug-likeness (QED) is 0.570. The molecule has 28 heavy (non-hydrogen) atoms. The molecule has 1 unspecified atom stereocenters. The van der Waals surface area contributed by atoms with Gasteiger partial charge < -0.3 is 9.64 Å². The number of nitrogens with zero attached hydrogens (tertiary/aromatic N) is 1. The van der Waals surface area contributed by atoms with Crippen LogP contribution in [0.4, 0.5) is 5.69 Å². The Labute approximate surface area is 166 Å². The summed E-state index contributed by atoms with van der Waals surface area (Å²) >= 11 is 0. The predicted octanol–water partition coefficient (Wildman–Crippen LogP) is 4.48. The normalized spacial score (nSPS) is 17.2. The van der Waals surface area contributed by atoms with Crippen LogP contribution in [0, 0.1) is 19.8 Å². The molecule has 1 aliphatic heterocycles. The van der Waals surface area contributed by atoms with Crippen molar-refractivity contribution in [2.45, 2.75) is 33.1 Å². The molecule has 1 aliphatic rings. The summed E-state index contributed by atoms with van der Waals surface area (Å²) in [7, 11) is 1.37. The summed E-state index contributed by atoms with van der Waals surface area (Å²) in [6.45, 7) is 4.85. The Morgan fingerprint density at radius 2 is 1.86 bits per heavy atom. The Hall–Kier alpha value is -2.88. The molecule has 0 spiro atoms. The molecule has 1 saturated heterocycles. The molecule has 1 atom stereocenters. The lowest BCUT2D eigenvalue weighted by molar-refractivity contribution is -0.134. The molecule has 4 nitrogen and oxygen atoms in total. The molecule has 4 heteroatoms. The van der Waals surface area contributed by atoms with E-state index in [0.29, 0.717) is 12.3 Å². The highest BCUT2D eigenvalue weighted by molar-refractivity contribution is 5.95. The largest absolute Gasteiger partial charge is 0.466 e. The molecule has 146 valence electrons. The number of ether oxygens (including phenoxy) is 1. The predicted molar refractivity (Wildman–Crippen MR) is 112 cm³/mol. The van der Waals surface area contributed by atoms with Crippen LogP contribution in [-0.4, -0.2) is 25.5 Å². The van der Waals surface area contributed by atoms with E-state index in [9.17, 15) is 9.59 Å². The smallest absolute Gasteiger partial charge is 0.330 e. The van der Waals surface area contributed by atoms with E-state index >= 15 is 0 Å². The van der Waals surface area contributed by atoms with Gasteiger partial charge in [-0.2, -0.15) is 0 Å². The number of rotatable bonds is 5. The zero-order valence-corrected chi connectivity index (χ0v) is 16.8. The van der Waals surface area contributed by atoms with Crippen LogP contribution in [0.1, 0.15) is 35.1 Å². The van der Waals surface area contributed by atoms with E-state index in [1.165, 1.54) is 18.7 Å². The highest BCUT2D eigenvalue weighted by Gasteiger charge is 2.28. The third-order valence-electron chi connectivity index (χ3n) is 5.38. The minimum absolute atomic E-state index is 0.201. The molecule has 0 aliphatic carbocycles. The van der Waals surface area contributed by atoms with Gasteiger partial charge >= 0.3 is 5.97 Å². The van der Waals surface area contributed by atoms with Crippen LogP contribution in [0.15, 0.2) is 48.5 Å². The van der Waals surface area contributed by atoms with E-state index < -0.39 is 0 Å². The maximum absolute atomic E-state index is 12.6. The molecule has 1 amide bonds. The maximum atomic E-state index is 12.6. The van der Waals surface area contributed by atoms with Crippen LogP contribution >= 0.6 is 0 Å². The summed E-state index contributed by atoms with van der Waals surface area (Å²) < 4.78 is 4.69. The van der Waals surface area contributed by atoms with Gasteiger partial charge in [0.1, 0.15) is 0 Å². The van der Waals surface area contributed by atoms with E-state index in [1.54, 1.807) is 6.08 Å². The molecule has 0 bridgehead atoms. The first-order valence-electron chi connectivity index (χ1n) is 9.70. The van der Waals surface area contributed by atoms with Gasteiger partial charge in [-0.3, -0.25) is 4.79 Å². The van der Waals surface area contributed by atoms with Gasteiger partial charge in [0.25, 0.3) is 0 Å². The lowest BCUT2D eigenvalue weighted by Gasteiger charge is -2.34. The second kappa shape index (κ2) is 8.87. The molecule has 0 N–H and O–H groups in total. The number of anilines is 1. The van der Waals surface area contributed by atoms with Crippen molar-refractivity contribution in [1.82, 2.24) is 0 Å². The molecule has 3 rings (SSSR count). The molecule has 1 heterocycles. The van der Waals surface area contributed by atoms with E-state index in [4.69, 9.17) is 0 Å². The number of carbonyl (C=O) groups excluding carboxylic acids is 2. The maximum Gasteiger partial charge on any atom is 0.330 e. The number of piperidine rings is 1. The zero-order valence-electron chi connectivity index (χ0n) is 16.8. The van der Waals surface area contributed by atoms with Gasteiger partial charge in [-0.25, -0.2) is 4.79 Å². The minimum atomic E-state index is -0.362. The van der Waals surface area contributed by atoms with Crippen molar-refractivity contribution in [2.75, 3.05) is 18.6 Å². The van der Waals surface area contributed by atoms with Crippen molar-refractivity contribution in [3.05, 3.63) is 70.8 Å². The third-order valence-corrected chi connectivity index (χ3v) is 5.38. The van der Waals surface area contributed by atoms with Crippen LogP contribution in [-0.2, 0) is 20.7 Å². The highest BCUT2D eigenvalue weighted by Crippen LogP contribution is 2.31. The Morgan fingerprint density at radius 1 is 1.14 bits per heavy atom. The molecule has 0 saturated carbocycles. The summed E-state index contributed by atoms with van der Waals surface area (Å²) in [5.74, 6) is 0.219. The first-order chi connectivity index (χ1) is 13.5. The van der Waals surface area contributed by atoms with Crippen LogP contribution in [0.2, 0.25) is 0 Å². The van der Waals surface area contributed by atoms with Crippen molar-refractivity contribution < 1.29 is 14.3 Å². The topological polar surface area (TPSA) is 46.6 Å². The van der Waals surface area contributed by atoms with Crippen LogP contribution in [0.3, 0.4) is 0 Å². The van der Waals surface area contributed by atoms with Gasteiger partial charge in [0.05, 0.1) is 7.11 Å². The van der Waals surface area contributed by atoms with E-state index in [0.717, 1.165) is 41.8 Å². The fraction of sp³-hybridized carbons (Fsp3) is 0.333. The van der Waals surface area contributed by atoms with Gasteiger partial charge in [0, 0.05) is 24.7 Å². The number of para-hydroxylation sites is 1. The van der Waals surface area contributed by atoms with Crippen molar-refractivity contribution in [3.8, 4) is 0 Å². The van der Waals surface area contributed by atoms with Crippen molar-refractivity contribution in [3.63, 3.8) is 0 Å². The second-order valence-electron chi connectivity index (χ2n) is 7.41. The minimum Gasteiger partial charge on any atom is -0.466 e. The number of methoxy groups -OCH3 is 1. The van der Waals surface area contributed by atoms with Crippen molar-refractivity contribution in [2.24, 2.45) is 5.92 Å². The number of aryl methyl sites for hydroxylation is 2. The van der Waals surface area contributed by atoms with Gasteiger partial charge in [-0.15, -0.1) is 0 Å². The number of esters is 1. The van der Waals surface area contributed by atoms with Crippen molar-refractivity contribution in [1.29, 1.82) is 0 Å². The van der Waals surface area contributed by atoms with Crippen molar-refractivity contribution >= 4 is 23.6 Å². The van der Waals surface area contributed by atoms with E-state index in [1.807, 2.05) is 29.2 Å². The van der Waals surface area contributed by atoms with E-state index in [-0.39, 0.29) is 11.9 Å². The fourth-order valence-corrected chi connectivity index (χ4v) is 3.95. The van der Waals surface area contributed by atoms with Gasteiger partial charge in [-0.1, -0.05) is 42.5 Å². The monoisotopic (exact) mass is 377 g/mol. The molecule has 2 aromatic carbocycles. The molecular weight excluding hydrogens is 350 g/mol. The zero-order chi connectivity index (χ0) is 20.1. The standard InChI is InChI=1S/C24H27NO3/c1-17-7-6-8-18(2)24(17)25-16-19(11-13-22(25)26)15-21-10-5-4-9-20(21)12-14-23(27)28-3/h4-10,12,14,19H,11,13,15-16H2,1-3H3. The number of benzene rings is 2. The molecular formula is C24H27NO3. The number of hydrogen-bond acceptors (Lipinski definition) is 3. The van der Waals surface area contributed by atoms with E-state index in [2.05, 4.69) is 36.8 Å². The molecule has 1 fully saturated rings. The van der Waals surface area contributed by atoms with Crippen LogP contribution < -0.4 is 4.90 Å². The fourth-order valence-electron chi connectivity index (χ4n) is 3.95. The summed E-state index contributed by atoms with van der Waals surface area (Å²) in [5, 5.41) is 0. The molecule has 2 aromatic rings. The van der Waals surface area contributed by atoms with Crippen LogP contribution in [0.25, 0.3) is 6.08 Å². The number of carbonyl (C=O) groups is 2. The summed E-state index contributed by atoms with van der Waals surface area (Å²) in [6.07, 6.45) is 5.58.